The van der Waals surface area contributed by atoms with Gasteiger partial charge >= 0.3 is 0 Å². The third-order valence-corrected chi connectivity index (χ3v) is 6.99. The van der Waals surface area contributed by atoms with Crippen LogP contribution in [-0.2, 0) is 16.6 Å². The number of likely N-dealkylation sites (tertiary alicyclic amines) is 1. The first-order valence-corrected chi connectivity index (χ1v) is 9.73. The molecule has 114 valence electrons. The third kappa shape index (κ3) is 4.25. The lowest BCUT2D eigenvalue weighted by Gasteiger charge is -2.14. The highest BCUT2D eigenvalue weighted by molar-refractivity contribution is 9.11. The van der Waals surface area contributed by atoms with Crippen LogP contribution in [0, 0.1) is 0 Å². The van der Waals surface area contributed by atoms with Crippen LogP contribution in [0.1, 0.15) is 24.1 Å². The summed E-state index contributed by atoms with van der Waals surface area (Å²) in [7, 11) is -3.49. The summed E-state index contributed by atoms with van der Waals surface area (Å²) in [5, 5.41) is 9.05. The topological polar surface area (TPSA) is 69.6 Å². The Balaban J connectivity index is 1.85. The Hall–Kier alpha value is 0.01000. The van der Waals surface area contributed by atoms with E-state index in [0.717, 1.165) is 26.1 Å². The summed E-state index contributed by atoms with van der Waals surface area (Å²) >= 11 is 4.48. The zero-order chi connectivity index (χ0) is 14.6. The Kier molecular flexibility index (Phi) is 6.00. The number of aliphatic hydroxyl groups excluding tert-OH is 1. The van der Waals surface area contributed by atoms with Crippen LogP contribution in [0.4, 0.5) is 0 Å². The highest BCUT2D eigenvalue weighted by Crippen LogP contribution is 2.31. The molecular formula is C12H19BrN2O3S2. The zero-order valence-electron chi connectivity index (χ0n) is 11.1. The number of nitrogens with zero attached hydrogens (tertiary/aromatic N) is 1. The molecule has 0 unspecified atom stereocenters. The minimum Gasteiger partial charge on any atom is -0.391 e. The summed E-state index contributed by atoms with van der Waals surface area (Å²) in [5.41, 5.74) is 0. The molecular weight excluding hydrogens is 364 g/mol. The molecule has 1 aromatic rings. The number of thiophene rings is 1. The summed E-state index contributed by atoms with van der Waals surface area (Å²) in [6.45, 7) is 3.49. The average molecular weight is 383 g/mol. The molecule has 0 spiro atoms. The van der Waals surface area contributed by atoms with Gasteiger partial charge in [0.25, 0.3) is 0 Å². The van der Waals surface area contributed by atoms with Crippen molar-refractivity contribution < 1.29 is 13.5 Å². The Morgan fingerprint density at radius 1 is 1.40 bits per heavy atom. The molecule has 1 aliphatic heterocycles. The lowest BCUT2D eigenvalue weighted by atomic mass is 10.4. The Morgan fingerprint density at radius 3 is 2.70 bits per heavy atom. The predicted molar refractivity (Wildman–Crippen MR) is 83.4 cm³/mol. The molecule has 0 radical (unpaired) electrons. The third-order valence-electron chi connectivity index (χ3n) is 3.29. The maximum Gasteiger partial charge on any atom is 0.242 e. The number of hydrogen-bond acceptors (Lipinski definition) is 5. The van der Waals surface area contributed by atoms with E-state index in [1.165, 1.54) is 30.2 Å². The van der Waals surface area contributed by atoms with Crippen molar-refractivity contribution in [3.8, 4) is 0 Å². The molecule has 0 saturated carbocycles. The van der Waals surface area contributed by atoms with Crippen LogP contribution >= 0.6 is 27.3 Å². The van der Waals surface area contributed by atoms with Gasteiger partial charge in [-0.3, -0.25) is 0 Å². The smallest absolute Gasteiger partial charge is 0.242 e. The summed E-state index contributed by atoms with van der Waals surface area (Å²) in [5.74, 6) is 0. The first kappa shape index (κ1) is 16.4. The highest BCUT2D eigenvalue weighted by atomic mass is 79.9. The number of nitrogens with one attached hydrogen (secondary N) is 1. The second-order valence-electron chi connectivity index (χ2n) is 4.81. The number of rotatable bonds is 7. The molecule has 8 heteroatoms. The van der Waals surface area contributed by atoms with Gasteiger partial charge in [0.2, 0.25) is 10.0 Å². The van der Waals surface area contributed by atoms with Gasteiger partial charge in [-0.25, -0.2) is 13.1 Å². The van der Waals surface area contributed by atoms with Gasteiger partial charge in [-0.15, -0.1) is 11.3 Å². The minimum absolute atomic E-state index is 0.145. The Labute approximate surface area is 132 Å². The van der Waals surface area contributed by atoms with E-state index in [9.17, 15) is 8.42 Å². The fourth-order valence-electron chi connectivity index (χ4n) is 2.25. The standard InChI is InChI=1S/C12H19BrN2O3S2/c13-12-11(8-10(9-16)19-12)20(17,18)14-4-3-7-15-5-1-2-6-15/h8,14,16H,1-7,9H2. The van der Waals surface area contributed by atoms with Crippen molar-refractivity contribution >= 4 is 37.3 Å². The second-order valence-corrected chi connectivity index (χ2v) is 9.00. The minimum atomic E-state index is -3.49. The van der Waals surface area contributed by atoms with Crippen molar-refractivity contribution in [3.05, 3.63) is 14.7 Å². The molecule has 0 aromatic carbocycles. The number of hydrogen-bond donors (Lipinski definition) is 2. The molecule has 0 aliphatic carbocycles. The number of aliphatic hydroxyl groups is 1. The summed E-state index contributed by atoms with van der Waals surface area (Å²) in [6, 6.07) is 1.51. The van der Waals surface area contributed by atoms with Gasteiger partial charge in [-0.2, -0.15) is 0 Å². The van der Waals surface area contributed by atoms with Crippen LogP contribution in [0.3, 0.4) is 0 Å². The van der Waals surface area contributed by atoms with E-state index in [1.54, 1.807) is 0 Å². The molecule has 0 amide bonds. The molecule has 1 fully saturated rings. The maximum absolute atomic E-state index is 12.1. The van der Waals surface area contributed by atoms with E-state index >= 15 is 0 Å². The molecule has 20 heavy (non-hydrogen) atoms. The maximum atomic E-state index is 12.1. The monoisotopic (exact) mass is 382 g/mol. The van der Waals surface area contributed by atoms with E-state index in [2.05, 4.69) is 25.6 Å². The van der Waals surface area contributed by atoms with Crippen LogP contribution in [0.5, 0.6) is 0 Å². The van der Waals surface area contributed by atoms with Crippen molar-refractivity contribution in [2.75, 3.05) is 26.2 Å². The quantitative estimate of drug-likeness (QED) is 0.705. The predicted octanol–water partition coefficient (Wildman–Crippen LogP) is 1.77. The second kappa shape index (κ2) is 7.33. The summed E-state index contributed by atoms with van der Waals surface area (Å²) in [4.78, 5) is 3.21. The van der Waals surface area contributed by atoms with Crippen LogP contribution in [0.2, 0.25) is 0 Å². The van der Waals surface area contributed by atoms with Crippen molar-refractivity contribution in [2.24, 2.45) is 0 Å². The van der Waals surface area contributed by atoms with Gasteiger partial charge < -0.3 is 10.0 Å². The highest BCUT2D eigenvalue weighted by Gasteiger charge is 2.20. The van der Waals surface area contributed by atoms with Gasteiger partial charge in [0.15, 0.2) is 0 Å². The first-order chi connectivity index (χ1) is 9.53. The first-order valence-electron chi connectivity index (χ1n) is 6.64. The molecule has 0 atom stereocenters. The fraction of sp³-hybridized carbons (Fsp3) is 0.667. The van der Waals surface area contributed by atoms with Crippen LogP contribution in [0.15, 0.2) is 14.7 Å². The van der Waals surface area contributed by atoms with Gasteiger partial charge in [-0.05, 0) is 60.9 Å². The molecule has 1 saturated heterocycles. The number of sulfonamides is 1. The van der Waals surface area contributed by atoms with Crippen molar-refractivity contribution in [1.29, 1.82) is 0 Å². The molecule has 2 N–H and O–H groups in total. The van der Waals surface area contributed by atoms with Gasteiger partial charge in [0, 0.05) is 11.4 Å². The van der Waals surface area contributed by atoms with Crippen molar-refractivity contribution in [3.63, 3.8) is 0 Å². The SMILES string of the molecule is O=S(=O)(NCCCN1CCCC1)c1cc(CO)sc1Br. The van der Waals surface area contributed by atoms with Crippen molar-refractivity contribution in [2.45, 2.75) is 30.8 Å². The lowest BCUT2D eigenvalue weighted by Crippen LogP contribution is -2.28. The molecule has 1 aliphatic rings. The molecule has 5 nitrogen and oxygen atoms in total. The normalized spacial score (nSPS) is 16.9. The largest absolute Gasteiger partial charge is 0.391 e. The Morgan fingerprint density at radius 2 is 2.10 bits per heavy atom. The van der Waals surface area contributed by atoms with Crippen molar-refractivity contribution in [1.82, 2.24) is 9.62 Å². The average Bonchev–Trinajstić information content (AvgIpc) is 3.04. The van der Waals surface area contributed by atoms with E-state index in [4.69, 9.17) is 5.11 Å². The van der Waals surface area contributed by atoms with Gasteiger partial charge in [0.1, 0.15) is 4.90 Å². The summed E-state index contributed by atoms with van der Waals surface area (Å²) < 4.78 is 27.5. The Bertz CT molecular complexity index is 539. The molecule has 0 bridgehead atoms. The van der Waals surface area contributed by atoms with E-state index in [1.807, 2.05) is 0 Å². The van der Waals surface area contributed by atoms with Crippen LogP contribution in [0.25, 0.3) is 0 Å². The van der Waals surface area contributed by atoms with Crippen LogP contribution < -0.4 is 4.72 Å². The molecule has 2 rings (SSSR count). The van der Waals surface area contributed by atoms with E-state index in [-0.39, 0.29) is 11.5 Å². The fourth-order valence-corrected chi connectivity index (χ4v) is 5.87. The zero-order valence-corrected chi connectivity index (χ0v) is 14.4. The lowest BCUT2D eigenvalue weighted by molar-refractivity contribution is 0.285. The van der Waals surface area contributed by atoms with Crippen LogP contribution in [-0.4, -0.2) is 44.6 Å². The summed E-state index contributed by atoms with van der Waals surface area (Å²) in [6.07, 6.45) is 3.31. The van der Waals surface area contributed by atoms with E-state index in [0.29, 0.717) is 15.2 Å². The molecule has 1 aromatic heterocycles. The van der Waals surface area contributed by atoms with Gasteiger partial charge in [0.05, 0.1) is 10.4 Å². The molecule has 2 heterocycles. The number of halogens is 1. The van der Waals surface area contributed by atoms with Gasteiger partial charge in [-0.1, -0.05) is 0 Å². The van der Waals surface area contributed by atoms with E-state index < -0.39 is 10.0 Å².